The molecule has 1 aliphatic heterocycles. The molecule has 34 heavy (non-hydrogen) atoms. The summed E-state index contributed by atoms with van der Waals surface area (Å²) < 4.78 is 46.5. The topological polar surface area (TPSA) is 104 Å². The summed E-state index contributed by atoms with van der Waals surface area (Å²) >= 11 is 0. The zero-order valence-corrected chi connectivity index (χ0v) is 20.0. The van der Waals surface area contributed by atoms with Crippen LogP contribution in [0.1, 0.15) is 31.0 Å². The quantitative estimate of drug-likeness (QED) is 0.329. The lowest BCUT2D eigenvalue weighted by Gasteiger charge is -2.25. The van der Waals surface area contributed by atoms with Crippen LogP contribution in [0.15, 0.2) is 59.0 Å². The second-order valence-electron chi connectivity index (χ2n) is 7.62. The summed E-state index contributed by atoms with van der Waals surface area (Å²) in [5.74, 6) is -2.99. The number of likely N-dealkylation sites (tertiary alicyclic amines) is 1. The molecule has 182 valence electrons. The number of methoxy groups -OCH3 is 1. The summed E-state index contributed by atoms with van der Waals surface area (Å²) in [4.78, 5) is 26.8. The van der Waals surface area contributed by atoms with Crippen LogP contribution in [-0.4, -0.2) is 67.8 Å². The lowest BCUT2D eigenvalue weighted by atomic mass is 9.95. The second-order valence-corrected chi connectivity index (χ2v) is 9.56. The van der Waals surface area contributed by atoms with E-state index in [9.17, 15) is 27.5 Å². The first-order valence-corrected chi connectivity index (χ1v) is 12.2. The van der Waals surface area contributed by atoms with Crippen molar-refractivity contribution in [3.8, 4) is 0 Å². The van der Waals surface area contributed by atoms with Gasteiger partial charge in [0.15, 0.2) is 0 Å². The fourth-order valence-corrected chi connectivity index (χ4v) is 5.43. The van der Waals surface area contributed by atoms with Crippen molar-refractivity contribution in [2.45, 2.75) is 24.8 Å². The number of aliphatic hydroxyl groups is 1. The average molecular weight is 491 g/mol. The molecule has 0 aliphatic carbocycles. The molecule has 0 radical (unpaired) electrons. The molecule has 3 rings (SSSR count). The molecule has 1 N–H and O–H groups in total. The van der Waals surface area contributed by atoms with Crippen LogP contribution < -0.4 is 0 Å². The number of halogens is 1. The molecule has 0 bridgehead atoms. The number of hydrogen-bond donors (Lipinski definition) is 1. The number of nitrogens with zero attached hydrogens (tertiary/aromatic N) is 2. The fraction of sp³-hybridized carbons (Fsp3) is 0.333. The van der Waals surface area contributed by atoms with Crippen LogP contribution in [0.5, 0.6) is 0 Å². The second kappa shape index (κ2) is 10.5. The van der Waals surface area contributed by atoms with Crippen molar-refractivity contribution in [2.75, 3.05) is 33.4 Å². The molecule has 1 saturated heterocycles. The van der Waals surface area contributed by atoms with Crippen LogP contribution in [0.25, 0.3) is 5.76 Å². The van der Waals surface area contributed by atoms with Crippen LogP contribution in [0.3, 0.4) is 0 Å². The van der Waals surface area contributed by atoms with Crippen molar-refractivity contribution < 1.29 is 32.2 Å². The van der Waals surface area contributed by atoms with Crippen molar-refractivity contribution in [2.24, 2.45) is 0 Å². The van der Waals surface area contributed by atoms with Crippen molar-refractivity contribution in [3.05, 3.63) is 71.0 Å². The molecular formula is C24H27FN2O6S. The SMILES string of the molecule is CCN(CC)S(=O)(=O)c1ccc(/C(O)=C2\C(=O)C(=O)N(CCOC)[C@@H]2c2ccccc2F)cc1. The Morgan fingerprint density at radius 3 is 2.26 bits per heavy atom. The predicted molar refractivity (Wildman–Crippen MR) is 124 cm³/mol. The smallest absolute Gasteiger partial charge is 0.295 e. The van der Waals surface area contributed by atoms with Gasteiger partial charge in [0.2, 0.25) is 10.0 Å². The van der Waals surface area contributed by atoms with Gasteiger partial charge in [-0.1, -0.05) is 32.0 Å². The van der Waals surface area contributed by atoms with Crippen LogP contribution in [-0.2, 0) is 24.3 Å². The monoisotopic (exact) mass is 490 g/mol. The molecule has 0 spiro atoms. The van der Waals surface area contributed by atoms with E-state index in [-0.39, 0.29) is 34.7 Å². The molecule has 1 atom stereocenters. The summed E-state index contributed by atoms with van der Waals surface area (Å²) in [5.41, 5.74) is -0.0878. The minimum Gasteiger partial charge on any atom is -0.507 e. The molecule has 0 unspecified atom stereocenters. The Morgan fingerprint density at radius 2 is 1.71 bits per heavy atom. The summed E-state index contributed by atoms with van der Waals surface area (Å²) in [6.45, 7) is 4.18. The largest absolute Gasteiger partial charge is 0.507 e. The summed E-state index contributed by atoms with van der Waals surface area (Å²) in [6.07, 6.45) is 0. The maximum absolute atomic E-state index is 14.7. The third kappa shape index (κ3) is 4.61. The third-order valence-corrected chi connectivity index (χ3v) is 7.81. The molecule has 1 fully saturated rings. The van der Waals surface area contributed by atoms with Crippen molar-refractivity contribution in [1.29, 1.82) is 0 Å². The summed E-state index contributed by atoms with van der Waals surface area (Å²) in [5, 5.41) is 11.0. The molecule has 2 aromatic rings. The van der Waals surface area contributed by atoms with Gasteiger partial charge in [-0.2, -0.15) is 4.31 Å². The highest BCUT2D eigenvalue weighted by molar-refractivity contribution is 7.89. The zero-order chi connectivity index (χ0) is 25.0. The molecule has 1 amide bonds. The number of ether oxygens (including phenoxy) is 1. The predicted octanol–water partition coefficient (Wildman–Crippen LogP) is 2.92. The van der Waals surface area contributed by atoms with Gasteiger partial charge in [-0.15, -0.1) is 0 Å². The van der Waals surface area contributed by atoms with Crippen LogP contribution in [0, 0.1) is 5.82 Å². The number of ketones is 1. The van der Waals surface area contributed by atoms with Gasteiger partial charge in [-0.25, -0.2) is 12.8 Å². The van der Waals surface area contributed by atoms with Crippen molar-refractivity contribution in [3.63, 3.8) is 0 Å². The Hall–Kier alpha value is -3.08. The zero-order valence-electron chi connectivity index (χ0n) is 19.2. The number of rotatable bonds is 9. The van der Waals surface area contributed by atoms with Gasteiger partial charge in [0.1, 0.15) is 11.6 Å². The van der Waals surface area contributed by atoms with Gasteiger partial charge in [0.05, 0.1) is 23.1 Å². The van der Waals surface area contributed by atoms with E-state index in [1.165, 1.54) is 53.9 Å². The lowest BCUT2D eigenvalue weighted by molar-refractivity contribution is -0.140. The number of amides is 1. The number of sulfonamides is 1. The average Bonchev–Trinajstić information content (AvgIpc) is 3.08. The fourth-order valence-electron chi connectivity index (χ4n) is 3.97. The summed E-state index contributed by atoms with van der Waals surface area (Å²) in [7, 11) is -2.28. The lowest BCUT2D eigenvalue weighted by Crippen LogP contribution is -2.33. The number of hydrogen-bond acceptors (Lipinski definition) is 6. The Bertz CT molecular complexity index is 1210. The minimum absolute atomic E-state index is 0.0118. The van der Waals surface area contributed by atoms with E-state index in [1.807, 2.05) is 0 Å². The molecular weight excluding hydrogens is 463 g/mol. The summed E-state index contributed by atoms with van der Waals surface area (Å²) in [6, 6.07) is 9.90. The van der Waals surface area contributed by atoms with Gasteiger partial charge in [0, 0.05) is 37.9 Å². The van der Waals surface area contributed by atoms with Gasteiger partial charge in [-0.05, 0) is 30.3 Å². The van der Waals surface area contributed by atoms with E-state index in [0.717, 1.165) is 4.90 Å². The van der Waals surface area contributed by atoms with E-state index >= 15 is 0 Å². The normalized spacial score (nSPS) is 18.1. The highest BCUT2D eigenvalue weighted by Gasteiger charge is 2.46. The maximum Gasteiger partial charge on any atom is 0.295 e. The number of carbonyl (C=O) groups is 2. The Labute approximate surface area is 198 Å². The standard InChI is InChI=1S/C24H27FN2O6S/c1-4-26(5-2)34(31,32)17-12-10-16(11-13-17)22(28)20-21(18-8-6-7-9-19(18)25)27(14-15-33-3)24(30)23(20)29/h6-13,21,28H,4-5,14-15H2,1-3H3/b22-20+/t21-/m1/s1. The van der Waals surface area contributed by atoms with Gasteiger partial charge in [-0.3, -0.25) is 9.59 Å². The molecule has 1 aliphatic rings. The highest BCUT2D eigenvalue weighted by atomic mass is 32.2. The number of benzene rings is 2. The number of Topliss-reactive ketones (excluding diaryl/α,β-unsaturated/α-hetero) is 1. The van der Waals surface area contributed by atoms with Gasteiger partial charge >= 0.3 is 0 Å². The number of aliphatic hydroxyl groups excluding tert-OH is 1. The van der Waals surface area contributed by atoms with Gasteiger partial charge < -0.3 is 14.7 Å². The van der Waals surface area contributed by atoms with Crippen LogP contribution >= 0.6 is 0 Å². The molecule has 8 nitrogen and oxygen atoms in total. The maximum atomic E-state index is 14.7. The first-order valence-electron chi connectivity index (χ1n) is 10.8. The highest BCUT2D eigenvalue weighted by Crippen LogP contribution is 2.40. The molecule has 2 aromatic carbocycles. The van der Waals surface area contributed by atoms with E-state index in [2.05, 4.69) is 0 Å². The molecule has 10 heteroatoms. The van der Waals surface area contributed by atoms with Crippen molar-refractivity contribution in [1.82, 2.24) is 9.21 Å². The van der Waals surface area contributed by atoms with E-state index in [0.29, 0.717) is 13.1 Å². The Morgan fingerprint density at radius 1 is 1.09 bits per heavy atom. The molecule has 1 heterocycles. The Kier molecular flexibility index (Phi) is 7.86. The van der Waals surface area contributed by atoms with Crippen LogP contribution in [0.4, 0.5) is 4.39 Å². The van der Waals surface area contributed by atoms with Crippen molar-refractivity contribution >= 4 is 27.5 Å². The van der Waals surface area contributed by atoms with E-state index < -0.39 is 39.3 Å². The van der Waals surface area contributed by atoms with Gasteiger partial charge in [0.25, 0.3) is 11.7 Å². The molecule has 0 saturated carbocycles. The van der Waals surface area contributed by atoms with E-state index in [1.54, 1.807) is 19.9 Å². The minimum atomic E-state index is -3.72. The van der Waals surface area contributed by atoms with E-state index in [4.69, 9.17) is 4.74 Å². The Balaban J connectivity index is 2.11. The van der Waals surface area contributed by atoms with Crippen LogP contribution in [0.2, 0.25) is 0 Å². The molecule has 0 aromatic heterocycles. The first kappa shape index (κ1) is 25.5. The first-order chi connectivity index (χ1) is 16.2. The number of carbonyl (C=O) groups excluding carboxylic acids is 2. The third-order valence-electron chi connectivity index (χ3n) is 5.75.